The Hall–Kier alpha value is -1.49. The van der Waals surface area contributed by atoms with E-state index in [1.165, 1.54) is 6.42 Å². The van der Waals surface area contributed by atoms with Gasteiger partial charge in [-0.25, -0.2) is 5.01 Å². The topological polar surface area (TPSA) is 63.3 Å². The highest BCUT2D eigenvalue weighted by Crippen LogP contribution is 2.37. The second kappa shape index (κ2) is 5.13. The maximum atomic E-state index is 12.5. The molecule has 110 valence electrons. The van der Waals surface area contributed by atoms with E-state index in [4.69, 9.17) is 5.73 Å². The normalized spacial score (nSPS) is 27.5. The number of hydrogen-bond donors (Lipinski definition) is 2. The van der Waals surface area contributed by atoms with Crippen molar-refractivity contribution in [1.82, 2.24) is 15.0 Å². The predicted molar refractivity (Wildman–Crippen MR) is 79.2 cm³/mol. The van der Waals surface area contributed by atoms with E-state index in [-0.39, 0.29) is 5.91 Å². The van der Waals surface area contributed by atoms with Gasteiger partial charge in [-0.15, -0.1) is 0 Å². The van der Waals surface area contributed by atoms with E-state index in [0.717, 1.165) is 25.7 Å². The first-order chi connectivity index (χ1) is 9.56. The van der Waals surface area contributed by atoms with Gasteiger partial charge in [0.15, 0.2) is 0 Å². The van der Waals surface area contributed by atoms with Crippen molar-refractivity contribution in [3.05, 3.63) is 18.0 Å². The highest BCUT2D eigenvalue weighted by Gasteiger charge is 2.30. The molecule has 1 aliphatic carbocycles. The summed E-state index contributed by atoms with van der Waals surface area (Å²) in [5, 5.41) is 2.10. The Morgan fingerprint density at radius 3 is 2.50 bits per heavy atom. The molecular weight excluding hydrogens is 252 g/mol. The third kappa shape index (κ3) is 2.54. The molecular formula is C15H24N4O. The number of piperidine rings is 1. The Balaban J connectivity index is 1.75. The number of aromatic nitrogens is 1. The molecule has 2 fully saturated rings. The van der Waals surface area contributed by atoms with Crippen molar-refractivity contribution >= 4 is 11.6 Å². The standard InChI is InChI=1S/C15H24N4O/c1-10-4-3-5-11(2)19(10)17-15(20)14-8-12(16)9-18(14)13-6-7-13/h8-11,13H,3-7,16H2,1-2H3,(H,17,20). The average Bonchev–Trinajstić information content (AvgIpc) is 3.17. The summed E-state index contributed by atoms with van der Waals surface area (Å²) in [5.74, 6) is -0.0331. The first-order valence-corrected chi connectivity index (χ1v) is 7.63. The Bertz CT molecular complexity index is 496. The fourth-order valence-corrected chi connectivity index (χ4v) is 3.15. The molecule has 0 bridgehead atoms. The number of nitrogens with one attached hydrogen (secondary N) is 1. The molecule has 0 radical (unpaired) electrons. The molecule has 1 aliphatic heterocycles. The number of carbonyl (C=O) groups excluding carboxylic acids is 1. The number of nitrogen functional groups attached to an aromatic ring is 1. The number of hydrogen-bond acceptors (Lipinski definition) is 3. The zero-order chi connectivity index (χ0) is 14.3. The lowest BCUT2D eigenvalue weighted by atomic mass is 10.00. The van der Waals surface area contributed by atoms with Gasteiger partial charge in [-0.3, -0.25) is 10.2 Å². The van der Waals surface area contributed by atoms with Crippen LogP contribution in [0.1, 0.15) is 62.5 Å². The summed E-state index contributed by atoms with van der Waals surface area (Å²) in [6.45, 7) is 4.34. The largest absolute Gasteiger partial charge is 0.397 e. The molecule has 0 spiro atoms. The molecule has 1 amide bonds. The number of carbonyl (C=O) groups is 1. The zero-order valence-corrected chi connectivity index (χ0v) is 12.3. The van der Waals surface area contributed by atoms with Crippen LogP contribution < -0.4 is 11.2 Å². The molecule has 2 heterocycles. The molecule has 0 aromatic carbocycles. The summed E-state index contributed by atoms with van der Waals surface area (Å²) in [6.07, 6.45) is 7.68. The molecule has 5 heteroatoms. The van der Waals surface area contributed by atoms with E-state index in [1.807, 2.05) is 10.8 Å². The Kier molecular flexibility index (Phi) is 3.46. The van der Waals surface area contributed by atoms with Gasteiger partial charge in [0.1, 0.15) is 5.69 Å². The highest BCUT2D eigenvalue weighted by molar-refractivity contribution is 5.93. The Morgan fingerprint density at radius 1 is 1.25 bits per heavy atom. The third-order valence-electron chi connectivity index (χ3n) is 4.47. The van der Waals surface area contributed by atoms with Crippen LogP contribution in [0.4, 0.5) is 5.69 Å². The summed E-state index contributed by atoms with van der Waals surface area (Å²) < 4.78 is 2.03. The minimum Gasteiger partial charge on any atom is -0.397 e. The second-order valence-electron chi connectivity index (χ2n) is 6.27. The number of amides is 1. The first kappa shape index (κ1) is 13.5. The molecule has 1 aromatic heterocycles. The SMILES string of the molecule is CC1CCCC(C)N1NC(=O)c1cc(N)cn1C1CC1. The number of rotatable bonds is 3. The van der Waals surface area contributed by atoms with E-state index in [9.17, 15) is 4.79 Å². The number of anilines is 1. The van der Waals surface area contributed by atoms with Crippen LogP contribution in [0.25, 0.3) is 0 Å². The Labute approximate surface area is 120 Å². The smallest absolute Gasteiger partial charge is 0.282 e. The van der Waals surface area contributed by atoms with E-state index in [2.05, 4.69) is 24.3 Å². The lowest BCUT2D eigenvalue weighted by molar-refractivity contribution is 0.0363. The van der Waals surface area contributed by atoms with Crippen molar-refractivity contribution in [3.8, 4) is 0 Å². The van der Waals surface area contributed by atoms with Crippen LogP contribution in [0.2, 0.25) is 0 Å². The van der Waals surface area contributed by atoms with Crippen molar-refractivity contribution in [1.29, 1.82) is 0 Å². The fraction of sp³-hybridized carbons (Fsp3) is 0.667. The fourth-order valence-electron chi connectivity index (χ4n) is 3.15. The summed E-state index contributed by atoms with van der Waals surface area (Å²) in [5.41, 5.74) is 10.3. The minimum atomic E-state index is -0.0331. The van der Waals surface area contributed by atoms with Crippen LogP contribution in [0, 0.1) is 0 Å². The maximum Gasteiger partial charge on any atom is 0.282 e. The monoisotopic (exact) mass is 276 g/mol. The van der Waals surface area contributed by atoms with Gasteiger partial charge in [-0.1, -0.05) is 6.42 Å². The van der Waals surface area contributed by atoms with Gasteiger partial charge in [0.05, 0.1) is 5.69 Å². The van der Waals surface area contributed by atoms with Crippen LogP contribution in [0.15, 0.2) is 12.3 Å². The number of hydrazine groups is 1. The molecule has 2 aliphatic rings. The van der Waals surface area contributed by atoms with Crippen molar-refractivity contribution in [3.63, 3.8) is 0 Å². The molecule has 2 atom stereocenters. The van der Waals surface area contributed by atoms with Crippen LogP contribution in [-0.2, 0) is 0 Å². The Morgan fingerprint density at radius 2 is 1.90 bits per heavy atom. The maximum absolute atomic E-state index is 12.5. The van der Waals surface area contributed by atoms with Crippen molar-refractivity contribution in [2.24, 2.45) is 0 Å². The lowest BCUT2D eigenvalue weighted by Crippen LogP contribution is -2.54. The predicted octanol–water partition coefficient (Wildman–Crippen LogP) is 2.31. The molecule has 5 nitrogen and oxygen atoms in total. The number of nitrogens with zero attached hydrogens (tertiary/aromatic N) is 2. The van der Waals surface area contributed by atoms with E-state index >= 15 is 0 Å². The van der Waals surface area contributed by atoms with Crippen molar-refractivity contribution in [2.45, 2.75) is 64.1 Å². The summed E-state index contributed by atoms with van der Waals surface area (Å²) >= 11 is 0. The van der Waals surface area contributed by atoms with Crippen LogP contribution in [0.3, 0.4) is 0 Å². The van der Waals surface area contributed by atoms with Gasteiger partial charge in [-0.05, 0) is 45.6 Å². The van der Waals surface area contributed by atoms with E-state index < -0.39 is 0 Å². The van der Waals surface area contributed by atoms with Crippen molar-refractivity contribution in [2.75, 3.05) is 5.73 Å². The molecule has 2 unspecified atom stereocenters. The van der Waals surface area contributed by atoms with Gasteiger partial charge in [-0.2, -0.15) is 0 Å². The van der Waals surface area contributed by atoms with E-state index in [0.29, 0.717) is 29.5 Å². The van der Waals surface area contributed by atoms with Gasteiger partial charge < -0.3 is 10.3 Å². The quantitative estimate of drug-likeness (QED) is 0.890. The zero-order valence-electron chi connectivity index (χ0n) is 12.3. The van der Waals surface area contributed by atoms with Crippen LogP contribution in [0.5, 0.6) is 0 Å². The highest BCUT2D eigenvalue weighted by atomic mass is 16.2. The van der Waals surface area contributed by atoms with Crippen molar-refractivity contribution < 1.29 is 4.79 Å². The number of nitrogens with two attached hydrogens (primary N) is 1. The van der Waals surface area contributed by atoms with Crippen LogP contribution >= 0.6 is 0 Å². The van der Waals surface area contributed by atoms with E-state index in [1.54, 1.807) is 6.07 Å². The molecule has 1 saturated carbocycles. The van der Waals surface area contributed by atoms with Gasteiger partial charge in [0.2, 0.25) is 0 Å². The third-order valence-corrected chi connectivity index (χ3v) is 4.47. The summed E-state index contributed by atoms with van der Waals surface area (Å²) in [6, 6.07) is 3.03. The molecule has 20 heavy (non-hydrogen) atoms. The summed E-state index contributed by atoms with van der Waals surface area (Å²) in [4.78, 5) is 12.5. The van der Waals surface area contributed by atoms with Gasteiger partial charge >= 0.3 is 0 Å². The van der Waals surface area contributed by atoms with Crippen LogP contribution in [-0.4, -0.2) is 27.6 Å². The molecule has 1 aromatic rings. The van der Waals surface area contributed by atoms with Gasteiger partial charge in [0.25, 0.3) is 5.91 Å². The average molecular weight is 276 g/mol. The first-order valence-electron chi connectivity index (χ1n) is 7.63. The molecule has 3 N–H and O–H groups in total. The summed E-state index contributed by atoms with van der Waals surface area (Å²) in [7, 11) is 0. The lowest BCUT2D eigenvalue weighted by Gasteiger charge is -2.38. The molecule has 1 saturated heterocycles. The minimum absolute atomic E-state index is 0.0331. The van der Waals surface area contributed by atoms with Gasteiger partial charge in [0, 0.05) is 24.3 Å². The molecule has 3 rings (SSSR count). The second-order valence-corrected chi connectivity index (χ2v) is 6.27.